The number of esters is 2. The van der Waals surface area contributed by atoms with Gasteiger partial charge in [0.25, 0.3) is 0 Å². The molecule has 0 aromatic rings. The molecule has 0 radical (unpaired) electrons. The SMILES string of the molecule is COC(=O)CC[C@@H](C)[C@H]1CC[C@H]2[C@@H]3[C@H](OC(C)=O)C[C@H]4C[C@@H](O)CC[C@]4(C)[C@H]3CC(=O)[C@]12C. The molecule has 4 aliphatic rings. The molecule has 0 saturated heterocycles. The first-order valence-electron chi connectivity index (χ1n) is 13.0. The van der Waals surface area contributed by atoms with Gasteiger partial charge in [0.1, 0.15) is 11.9 Å². The van der Waals surface area contributed by atoms with E-state index in [9.17, 15) is 19.5 Å². The van der Waals surface area contributed by atoms with Crippen LogP contribution in [0.25, 0.3) is 0 Å². The number of aliphatic hydroxyl groups is 1. The molecule has 4 aliphatic carbocycles. The normalized spacial score (nSPS) is 45.4. The van der Waals surface area contributed by atoms with Crippen molar-refractivity contribution in [2.75, 3.05) is 7.11 Å². The highest BCUT2D eigenvalue weighted by molar-refractivity contribution is 5.87. The van der Waals surface area contributed by atoms with E-state index in [1.807, 2.05) is 0 Å². The second kappa shape index (κ2) is 8.98. The fraction of sp³-hybridized carbons (Fsp3) is 0.889. The Bertz CT molecular complexity index is 793. The zero-order valence-corrected chi connectivity index (χ0v) is 21.0. The zero-order valence-electron chi connectivity index (χ0n) is 21.0. The second-order valence-corrected chi connectivity index (χ2v) is 12.0. The molecule has 0 bridgehead atoms. The minimum atomic E-state index is -0.438. The maximum absolute atomic E-state index is 13.9. The highest BCUT2D eigenvalue weighted by Crippen LogP contribution is 2.67. The molecule has 0 aromatic carbocycles. The van der Waals surface area contributed by atoms with Crippen LogP contribution in [0.1, 0.15) is 85.5 Å². The maximum atomic E-state index is 13.9. The standard InChI is InChI=1S/C27H42O6/c1-15(6-9-24(31)32-5)19-7-8-20-25-21(14-23(30)27(19,20)4)26(3)11-10-18(29)12-17(26)13-22(25)33-16(2)28/h15,17-22,25,29H,6-14H2,1-5H3/t15-,17-,18+,19-,20+,21+,22-,25+,26+,27-/m1/s1. The number of ketones is 1. The van der Waals surface area contributed by atoms with Crippen LogP contribution in [0.15, 0.2) is 0 Å². The second-order valence-electron chi connectivity index (χ2n) is 12.0. The van der Waals surface area contributed by atoms with Crippen LogP contribution in [0.3, 0.4) is 0 Å². The van der Waals surface area contributed by atoms with Gasteiger partial charge < -0.3 is 14.6 Å². The molecule has 186 valence electrons. The summed E-state index contributed by atoms with van der Waals surface area (Å²) in [7, 11) is 1.42. The number of carbonyl (C=O) groups excluding carboxylic acids is 3. The molecular formula is C27H42O6. The van der Waals surface area contributed by atoms with Gasteiger partial charge in [-0.15, -0.1) is 0 Å². The van der Waals surface area contributed by atoms with E-state index in [0.717, 1.165) is 44.9 Å². The highest BCUT2D eigenvalue weighted by Gasteiger charge is 2.66. The summed E-state index contributed by atoms with van der Waals surface area (Å²) in [6.45, 7) is 8.14. The summed E-state index contributed by atoms with van der Waals surface area (Å²) in [4.78, 5) is 37.7. The van der Waals surface area contributed by atoms with E-state index >= 15 is 0 Å². The van der Waals surface area contributed by atoms with Crippen LogP contribution in [0.4, 0.5) is 0 Å². The Morgan fingerprint density at radius 1 is 1.15 bits per heavy atom. The Morgan fingerprint density at radius 3 is 2.55 bits per heavy atom. The van der Waals surface area contributed by atoms with E-state index in [-0.39, 0.29) is 65.1 Å². The summed E-state index contributed by atoms with van der Waals surface area (Å²) in [5, 5.41) is 10.4. The third kappa shape index (κ3) is 4.04. The van der Waals surface area contributed by atoms with E-state index < -0.39 is 5.41 Å². The van der Waals surface area contributed by atoms with Gasteiger partial charge in [-0.05, 0) is 80.0 Å². The molecule has 33 heavy (non-hydrogen) atoms. The number of aliphatic hydroxyl groups excluding tert-OH is 1. The lowest BCUT2D eigenvalue weighted by Gasteiger charge is -2.62. The molecule has 0 heterocycles. The highest BCUT2D eigenvalue weighted by atomic mass is 16.5. The van der Waals surface area contributed by atoms with Crippen molar-refractivity contribution in [1.29, 1.82) is 0 Å². The fourth-order valence-corrected chi connectivity index (χ4v) is 8.82. The molecule has 6 nitrogen and oxygen atoms in total. The molecule has 4 fully saturated rings. The Morgan fingerprint density at radius 2 is 1.88 bits per heavy atom. The van der Waals surface area contributed by atoms with Gasteiger partial charge in [-0.25, -0.2) is 0 Å². The van der Waals surface area contributed by atoms with Crippen LogP contribution < -0.4 is 0 Å². The minimum Gasteiger partial charge on any atom is -0.469 e. The predicted molar refractivity (Wildman–Crippen MR) is 123 cm³/mol. The third-order valence-corrected chi connectivity index (χ3v) is 10.6. The van der Waals surface area contributed by atoms with Crippen LogP contribution in [0.5, 0.6) is 0 Å². The van der Waals surface area contributed by atoms with Crippen LogP contribution in [0, 0.1) is 46.3 Å². The molecule has 0 spiro atoms. The van der Waals surface area contributed by atoms with Crippen molar-refractivity contribution in [3.63, 3.8) is 0 Å². The van der Waals surface area contributed by atoms with E-state index in [2.05, 4.69) is 20.8 Å². The number of carbonyl (C=O) groups is 3. The summed E-state index contributed by atoms with van der Waals surface area (Å²) in [5.74, 6) is 1.25. The quantitative estimate of drug-likeness (QED) is 0.612. The number of methoxy groups -OCH3 is 1. The van der Waals surface area contributed by atoms with Crippen molar-refractivity contribution in [3.05, 3.63) is 0 Å². The van der Waals surface area contributed by atoms with Gasteiger partial charge >= 0.3 is 11.9 Å². The van der Waals surface area contributed by atoms with Gasteiger partial charge in [-0.3, -0.25) is 14.4 Å². The number of fused-ring (bicyclic) bond motifs is 5. The summed E-state index contributed by atoms with van der Waals surface area (Å²) < 4.78 is 10.8. The van der Waals surface area contributed by atoms with Gasteiger partial charge in [0.2, 0.25) is 0 Å². The van der Waals surface area contributed by atoms with Crippen LogP contribution in [0.2, 0.25) is 0 Å². The molecule has 0 amide bonds. The number of ether oxygens (including phenoxy) is 2. The van der Waals surface area contributed by atoms with Gasteiger partial charge in [-0.1, -0.05) is 20.8 Å². The summed E-state index contributed by atoms with van der Waals surface area (Å²) in [6.07, 6.45) is 6.37. The number of Topliss-reactive ketones (excluding diaryl/α,β-unsaturated/α-hetero) is 1. The van der Waals surface area contributed by atoms with Crippen molar-refractivity contribution in [2.45, 2.75) is 97.7 Å². The Balaban J connectivity index is 1.65. The van der Waals surface area contributed by atoms with E-state index in [4.69, 9.17) is 9.47 Å². The zero-order chi connectivity index (χ0) is 24.1. The van der Waals surface area contributed by atoms with Crippen molar-refractivity contribution in [2.24, 2.45) is 46.3 Å². The van der Waals surface area contributed by atoms with Gasteiger partial charge in [0.05, 0.1) is 13.2 Å². The Hall–Kier alpha value is -1.43. The predicted octanol–water partition coefficient (Wildman–Crippen LogP) is 4.32. The first-order valence-corrected chi connectivity index (χ1v) is 13.0. The van der Waals surface area contributed by atoms with Crippen molar-refractivity contribution in [1.82, 2.24) is 0 Å². The number of hydrogen-bond acceptors (Lipinski definition) is 6. The van der Waals surface area contributed by atoms with E-state index in [1.165, 1.54) is 14.0 Å². The molecule has 4 saturated carbocycles. The Kier molecular flexibility index (Phi) is 6.71. The molecule has 4 rings (SSSR count). The van der Waals surface area contributed by atoms with E-state index in [0.29, 0.717) is 18.6 Å². The van der Waals surface area contributed by atoms with Crippen LogP contribution in [-0.4, -0.2) is 42.1 Å². The van der Waals surface area contributed by atoms with Gasteiger partial charge in [0.15, 0.2) is 0 Å². The van der Waals surface area contributed by atoms with Crippen molar-refractivity contribution >= 4 is 17.7 Å². The lowest BCUT2D eigenvalue weighted by atomic mass is 9.43. The van der Waals surface area contributed by atoms with Crippen molar-refractivity contribution < 1.29 is 29.0 Å². The minimum absolute atomic E-state index is 0.00607. The Labute approximate surface area is 198 Å². The maximum Gasteiger partial charge on any atom is 0.305 e. The molecule has 0 aliphatic heterocycles. The fourth-order valence-electron chi connectivity index (χ4n) is 8.82. The molecule has 10 atom stereocenters. The first kappa shape index (κ1) is 24.7. The van der Waals surface area contributed by atoms with Gasteiger partial charge in [-0.2, -0.15) is 0 Å². The molecule has 6 heteroatoms. The average molecular weight is 463 g/mol. The molecule has 0 unspecified atom stereocenters. The number of rotatable bonds is 5. The van der Waals surface area contributed by atoms with Gasteiger partial charge in [0, 0.05) is 31.1 Å². The monoisotopic (exact) mass is 462 g/mol. The number of hydrogen-bond donors (Lipinski definition) is 1. The van der Waals surface area contributed by atoms with Crippen molar-refractivity contribution in [3.8, 4) is 0 Å². The molecule has 1 N–H and O–H groups in total. The average Bonchev–Trinajstić information content (AvgIpc) is 3.11. The smallest absolute Gasteiger partial charge is 0.305 e. The van der Waals surface area contributed by atoms with E-state index in [1.54, 1.807) is 0 Å². The third-order valence-electron chi connectivity index (χ3n) is 10.6. The van der Waals surface area contributed by atoms with Crippen LogP contribution in [-0.2, 0) is 23.9 Å². The topological polar surface area (TPSA) is 89.9 Å². The largest absolute Gasteiger partial charge is 0.469 e. The van der Waals surface area contributed by atoms with Crippen LogP contribution >= 0.6 is 0 Å². The summed E-state index contributed by atoms with van der Waals surface area (Å²) in [6, 6.07) is 0. The summed E-state index contributed by atoms with van der Waals surface area (Å²) >= 11 is 0. The first-order chi connectivity index (χ1) is 15.5. The lowest BCUT2D eigenvalue weighted by molar-refractivity contribution is -0.194. The summed E-state index contributed by atoms with van der Waals surface area (Å²) in [5.41, 5.74) is -0.432. The molecular weight excluding hydrogens is 420 g/mol. The molecule has 0 aromatic heterocycles. The lowest BCUT2D eigenvalue weighted by Crippen LogP contribution is -2.61.